The standard InChI is InChI=1S/C21H27N3O2.C3H8/c1-4-8-20(16-9-11-18(26-3)12-10-16)23-17(5-2)15-19(22)21(25)24-13-6-7-14-24;1-3-2/h4,8-12,15H,1,5-7,13-14,22H2,2-3H3;3H2,1-2H3/b19-15-,20-8-,23-17-;. The van der Waals surface area contributed by atoms with E-state index >= 15 is 0 Å². The Bertz CT molecular complexity index is 740. The lowest BCUT2D eigenvalue weighted by Gasteiger charge is -2.15. The molecule has 0 atom stereocenters. The van der Waals surface area contributed by atoms with E-state index in [0.717, 1.165) is 48.7 Å². The minimum Gasteiger partial charge on any atom is -0.497 e. The molecule has 1 fully saturated rings. The quantitative estimate of drug-likeness (QED) is 0.402. The van der Waals surface area contributed by atoms with Crippen molar-refractivity contribution in [2.75, 3.05) is 20.2 Å². The van der Waals surface area contributed by atoms with Gasteiger partial charge in [0.15, 0.2) is 0 Å². The Morgan fingerprint density at radius 1 is 1.21 bits per heavy atom. The molecule has 1 amide bonds. The summed E-state index contributed by atoms with van der Waals surface area (Å²) >= 11 is 0. The third-order valence-electron chi connectivity index (χ3n) is 4.25. The van der Waals surface area contributed by atoms with Gasteiger partial charge in [-0.25, -0.2) is 0 Å². The van der Waals surface area contributed by atoms with Gasteiger partial charge in [-0.2, -0.15) is 0 Å². The molecule has 2 N–H and O–H groups in total. The van der Waals surface area contributed by atoms with Gasteiger partial charge in [-0.15, -0.1) is 0 Å². The van der Waals surface area contributed by atoms with Crippen LogP contribution in [0.5, 0.6) is 5.75 Å². The van der Waals surface area contributed by atoms with Crippen LogP contribution >= 0.6 is 0 Å². The van der Waals surface area contributed by atoms with Crippen molar-refractivity contribution in [3.63, 3.8) is 0 Å². The summed E-state index contributed by atoms with van der Waals surface area (Å²) in [7, 11) is 1.63. The molecule has 1 aromatic carbocycles. The summed E-state index contributed by atoms with van der Waals surface area (Å²) in [4.78, 5) is 18.9. The average Bonchev–Trinajstić information content (AvgIpc) is 3.27. The van der Waals surface area contributed by atoms with Crippen LogP contribution in [0.25, 0.3) is 5.70 Å². The molecule has 0 unspecified atom stereocenters. The van der Waals surface area contributed by atoms with Gasteiger partial charge < -0.3 is 15.4 Å². The van der Waals surface area contributed by atoms with Crippen LogP contribution in [0.15, 0.2) is 59.8 Å². The monoisotopic (exact) mass is 397 g/mol. The van der Waals surface area contributed by atoms with E-state index in [1.54, 1.807) is 24.2 Å². The summed E-state index contributed by atoms with van der Waals surface area (Å²) < 4.78 is 5.20. The number of carbonyl (C=O) groups is 1. The number of methoxy groups -OCH3 is 1. The number of benzene rings is 1. The van der Waals surface area contributed by atoms with E-state index in [9.17, 15) is 4.79 Å². The summed E-state index contributed by atoms with van der Waals surface area (Å²) in [5.41, 5.74) is 8.72. The average molecular weight is 398 g/mol. The van der Waals surface area contributed by atoms with Crippen LogP contribution in [0.2, 0.25) is 0 Å². The van der Waals surface area contributed by atoms with Gasteiger partial charge >= 0.3 is 0 Å². The predicted molar refractivity (Wildman–Crippen MR) is 123 cm³/mol. The molecular formula is C24H35N3O2. The van der Waals surface area contributed by atoms with Crippen LogP contribution in [0.4, 0.5) is 0 Å². The molecule has 1 aromatic rings. The summed E-state index contributed by atoms with van der Waals surface area (Å²) in [6.45, 7) is 11.6. The largest absolute Gasteiger partial charge is 0.497 e. The Morgan fingerprint density at radius 2 is 1.79 bits per heavy atom. The van der Waals surface area contributed by atoms with Crippen LogP contribution < -0.4 is 10.5 Å². The first-order chi connectivity index (χ1) is 14.0. The molecule has 0 bridgehead atoms. The Hall–Kier alpha value is -2.82. The number of carbonyl (C=O) groups excluding carboxylic acids is 1. The van der Waals surface area contributed by atoms with Crippen molar-refractivity contribution in [1.29, 1.82) is 0 Å². The minimum atomic E-state index is -0.109. The van der Waals surface area contributed by atoms with E-state index in [1.165, 1.54) is 6.42 Å². The number of hydrogen-bond donors (Lipinski definition) is 1. The molecular weight excluding hydrogens is 362 g/mol. The number of hydrogen-bond acceptors (Lipinski definition) is 4. The Labute approximate surface area is 175 Å². The van der Waals surface area contributed by atoms with Crippen LogP contribution in [-0.4, -0.2) is 36.7 Å². The fraction of sp³-hybridized carbons (Fsp3) is 0.417. The summed E-state index contributed by atoms with van der Waals surface area (Å²) in [5.74, 6) is 0.675. The molecule has 0 radical (unpaired) electrons. The number of nitrogens with two attached hydrogens (primary N) is 1. The van der Waals surface area contributed by atoms with Crippen molar-refractivity contribution in [2.45, 2.75) is 46.5 Å². The SMILES string of the molecule is C=C\C=C(/N=C(\C=C(/N)C(=O)N1CCCC1)CC)c1ccc(OC)cc1.CCC. The normalized spacial score (nSPS) is 14.9. The maximum atomic E-state index is 12.4. The van der Waals surface area contributed by atoms with Crippen LogP contribution in [0.3, 0.4) is 0 Å². The highest BCUT2D eigenvalue weighted by Crippen LogP contribution is 2.21. The van der Waals surface area contributed by atoms with E-state index in [-0.39, 0.29) is 11.6 Å². The predicted octanol–water partition coefficient (Wildman–Crippen LogP) is 4.95. The zero-order chi connectivity index (χ0) is 21.6. The van der Waals surface area contributed by atoms with Gasteiger partial charge in [0.2, 0.25) is 0 Å². The zero-order valence-corrected chi connectivity index (χ0v) is 18.3. The van der Waals surface area contributed by atoms with Gasteiger partial charge in [-0.1, -0.05) is 39.8 Å². The maximum Gasteiger partial charge on any atom is 0.269 e. The van der Waals surface area contributed by atoms with Crippen molar-refractivity contribution < 1.29 is 9.53 Å². The minimum absolute atomic E-state index is 0.109. The van der Waals surface area contributed by atoms with Crippen molar-refractivity contribution in [3.05, 3.63) is 60.3 Å². The van der Waals surface area contributed by atoms with Gasteiger partial charge in [0.05, 0.1) is 18.5 Å². The van der Waals surface area contributed by atoms with Crippen molar-refractivity contribution in [1.82, 2.24) is 4.90 Å². The van der Waals surface area contributed by atoms with E-state index in [0.29, 0.717) is 6.42 Å². The van der Waals surface area contributed by atoms with E-state index < -0.39 is 0 Å². The Kier molecular flexibility index (Phi) is 11.2. The lowest BCUT2D eigenvalue weighted by molar-refractivity contribution is -0.126. The number of allylic oxidation sites excluding steroid dienone is 3. The first-order valence-electron chi connectivity index (χ1n) is 10.3. The van der Waals surface area contributed by atoms with Crippen LogP contribution in [-0.2, 0) is 4.79 Å². The highest BCUT2D eigenvalue weighted by Gasteiger charge is 2.19. The fourth-order valence-electron chi connectivity index (χ4n) is 2.78. The molecule has 2 rings (SSSR count). The van der Waals surface area contributed by atoms with E-state index in [1.807, 2.05) is 37.3 Å². The Morgan fingerprint density at radius 3 is 2.28 bits per heavy atom. The van der Waals surface area contributed by atoms with Gasteiger partial charge in [0.25, 0.3) is 5.91 Å². The molecule has 0 aliphatic carbocycles. The van der Waals surface area contributed by atoms with Gasteiger partial charge in [-0.05, 0) is 55.7 Å². The number of rotatable bonds is 7. The highest BCUT2D eigenvalue weighted by molar-refractivity contribution is 6.05. The van der Waals surface area contributed by atoms with Gasteiger partial charge in [-0.3, -0.25) is 9.79 Å². The number of nitrogens with zero attached hydrogens (tertiary/aromatic N) is 2. The molecule has 0 saturated carbocycles. The second kappa shape index (κ2) is 13.4. The van der Waals surface area contributed by atoms with Crippen molar-refractivity contribution in [3.8, 4) is 5.75 Å². The third kappa shape index (κ3) is 7.98. The zero-order valence-electron chi connectivity index (χ0n) is 18.3. The van der Waals surface area contributed by atoms with Crippen molar-refractivity contribution in [2.24, 2.45) is 10.7 Å². The molecule has 5 nitrogen and oxygen atoms in total. The van der Waals surface area contributed by atoms with Gasteiger partial charge in [0.1, 0.15) is 5.75 Å². The molecule has 158 valence electrons. The van der Waals surface area contributed by atoms with Crippen molar-refractivity contribution >= 4 is 17.3 Å². The maximum absolute atomic E-state index is 12.4. The van der Waals surface area contributed by atoms with E-state index in [2.05, 4.69) is 20.4 Å². The molecule has 1 aliphatic heterocycles. The molecule has 0 spiro atoms. The number of aliphatic imine (C=N–C) groups is 1. The lowest BCUT2D eigenvalue weighted by Crippen LogP contribution is -2.32. The fourth-order valence-corrected chi connectivity index (χ4v) is 2.78. The molecule has 29 heavy (non-hydrogen) atoms. The first kappa shape index (κ1) is 24.2. The molecule has 5 heteroatoms. The Balaban J connectivity index is 0.00000132. The molecule has 1 heterocycles. The van der Waals surface area contributed by atoms with E-state index in [4.69, 9.17) is 15.5 Å². The summed E-state index contributed by atoms with van der Waals surface area (Å²) in [5, 5.41) is 0. The topological polar surface area (TPSA) is 67.9 Å². The number of amides is 1. The smallest absolute Gasteiger partial charge is 0.269 e. The van der Waals surface area contributed by atoms with Crippen LogP contribution in [0.1, 0.15) is 52.0 Å². The third-order valence-corrected chi connectivity index (χ3v) is 4.25. The highest BCUT2D eigenvalue weighted by atomic mass is 16.5. The number of ether oxygens (including phenoxy) is 1. The first-order valence-corrected chi connectivity index (χ1v) is 10.3. The molecule has 1 saturated heterocycles. The second-order valence-electron chi connectivity index (χ2n) is 6.78. The van der Waals surface area contributed by atoms with Crippen LogP contribution in [0, 0.1) is 0 Å². The number of likely N-dealkylation sites (tertiary alicyclic amines) is 1. The lowest BCUT2D eigenvalue weighted by atomic mass is 10.1. The summed E-state index contributed by atoms with van der Waals surface area (Å²) in [6, 6.07) is 7.64. The second-order valence-corrected chi connectivity index (χ2v) is 6.78. The summed E-state index contributed by atoms with van der Waals surface area (Å²) in [6.07, 6.45) is 9.21. The molecule has 0 aromatic heterocycles. The molecule has 1 aliphatic rings. The van der Waals surface area contributed by atoms with Gasteiger partial charge in [0, 0.05) is 24.4 Å².